The monoisotopic (exact) mass is 305 g/mol. The van der Waals surface area contributed by atoms with E-state index in [9.17, 15) is 14.4 Å². The van der Waals surface area contributed by atoms with Crippen LogP contribution < -0.4 is 15.5 Å². The summed E-state index contributed by atoms with van der Waals surface area (Å²) in [6.45, 7) is 2.06. The minimum absolute atomic E-state index is 0.0748. The molecule has 1 aromatic rings. The molecule has 3 rings (SSSR count). The van der Waals surface area contributed by atoms with Crippen LogP contribution in [0.3, 0.4) is 0 Å². The van der Waals surface area contributed by atoms with Gasteiger partial charge in [-0.05, 0) is 12.8 Å². The molecule has 0 saturated heterocycles. The van der Waals surface area contributed by atoms with Crippen LogP contribution in [-0.2, 0) is 11.3 Å². The molecule has 7 nitrogen and oxygen atoms in total. The molecule has 1 aromatic heterocycles. The molecule has 0 bridgehead atoms. The van der Waals surface area contributed by atoms with Gasteiger partial charge in [-0.1, -0.05) is 0 Å². The van der Waals surface area contributed by atoms with Crippen LogP contribution >= 0.6 is 0 Å². The molecule has 1 N–H and O–H groups in total. The van der Waals surface area contributed by atoms with Crippen LogP contribution in [0.2, 0.25) is 0 Å². The van der Waals surface area contributed by atoms with Gasteiger partial charge in [0.1, 0.15) is 5.69 Å². The van der Waals surface area contributed by atoms with Crippen LogP contribution in [0.5, 0.6) is 5.75 Å². The molecule has 7 heteroatoms. The van der Waals surface area contributed by atoms with Crippen molar-refractivity contribution in [3.8, 4) is 5.75 Å². The van der Waals surface area contributed by atoms with E-state index < -0.39 is 0 Å². The molecule has 0 radical (unpaired) electrons. The third-order valence-corrected chi connectivity index (χ3v) is 4.06. The molecule has 0 aromatic carbocycles. The molecule has 0 spiro atoms. The molecule has 0 unspecified atom stereocenters. The van der Waals surface area contributed by atoms with Gasteiger partial charge in [-0.3, -0.25) is 14.4 Å². The van der Waals surface area contributed by atoms with E-state index in [4.69, 9.17) is 4.74 Å². The zero-order valence-electron chi connectivity index (χ0n) is 12.5. The maximum absolute atomic E-state index is 12.4. The first-order chi connectivity index (χ1) is 10.6. The summed E-state index contributed by atoms with van der Waals surface area (Å²) in [7, 11) is 1.43. The van der Waals surface area contributed by atoms with E-state index in [1.165, 1.54) is 13.2 Å². The molecule has 22 heavy (non-hydrogen) atoms. The van der Waals surface area contributed by atoms with Gasteiger partial charge in [0.15, 0.2) is 5.75 Å². The Labute approximate surface area is 127 Å². The van der Waals surface area contributed by atoms with E-state index in [1.807, 2.05) is 0 Å². The highest BCUT2D eigenvalue weighted by Crippen LogP contribution is 2.28. The summed E-state index contributed by atoms with van der Waals surface area (Å²) < 4.78 is 6.72. The topological polar surface area (TPSA) is 80.6 Å². The van der Waals surface area contributed by atoms with Gasteiger partial charge < -0.3 is 19.5 Å². The van der Waals surface area contributed by atoms with Crippen molar-refractivity contribution in [2.45, 2.75) is 19.4 Å². The van der Waals surface area contributed by atoms with Crippen LogP contribution in [0, 0.1) is 5.92 Å². The van der Waals surface area contributed by atoms with Crippen molar-refractivity contribution in [3.05, 3.63) is 28.2 Å². The Kier molecular flexibility index (Phi) is 3.87. The summed E-state index contributed by atoms with van der Waals surface area (Å²) in [6, 6.07) is 1.32. The average Bonchev–Trinajstić information content (AvgIpc) is 3.34. The number of methoxy groups -OCH3 is 1. The first-order valence-corrected chi connectivity index (χ1v) is 7.45. The molecule has 0 atom stereocenters. The molecule has 2 amide bonds. The fourth-order valence-electron chi connectivity index (χ4n) is 2.59. The van der Waals surface area contributed by atoms with Gasteiger partial charge in [0.05, 0.1) is 13.3 Å². The van der Waals surface area contributed by atoms with Crippen molar-refractivity contribution in [3.63, 3.8) is 0 Å². The van der Waals surface area contributed by atoms with E-state index in [0.29, 0.717) is 31.9 Å². The second-order valence-electron chi connectivity index (χ2n) is 5.64. The smallest absolute Gasteiger partial charge is 0.270 e. The standard InChI is InChI=1S/C15H19N3O4/c1-22-13-9-18-7-6-17(15(21)11(18)8-12(13)19)5-4-16-14(20)10-2-3-10/h8-10H,2-7H2,1H3,(H,16,20). The zero-order chi connectivity index (χ0) is 15.7. The molecule has 2 aliphatic rings. The van der Waals surface area contributed by atoms with Crippen LogP contribution in [0.15, 0.2) is 17.1 Å². The van der Waals surface area contributed by atoms with Crippen LogP contribution in [0.1, 0.15) is 23.3 Å². The number of hydrogen-bond acceptors (Lipinski definition) is 4. The first-order valence-electron chi connectivity index (χ1n) is 7.45. The first kappa shape index (κ1) is 14.6. The van der Waals surface area contributed by atoms with Gasteiger partial charge in [-0.25, -0.2) is 0 Å². The fourth-order valence-corrected chi connectivity index (χ4v) is 2.59. The van der Waals surface area contributed by atoms with Crippen molar-refractivity contribution in [2.24, 2.45) is 5.92 Å². The number of carbonyl (C=O) groups excluding carboxylic acids is 2. The third-order valence-electron chi connectivity index (χ3n) is 4.06. The Bertz CT molecular complexity index is 663. The average molecular weight is 305 g/mol. The van der Waals surface area contributed by atoms with Gasteiger partial charge in [0.2, 0.25) is 11.3 Å². The number of nitrogens with one attached hydrogen (secondary N) is 1. The van der Waals surface area contributed by atoms with Gasteiger partial charge in [0.25, 0.3) is 5.91 Å². The van der Waals surface area contributed by atoms with E-state index in [2.05, 4.69) is 5.32 Å². The van der Waals surface area contributed by atoms with Crippen LogP contribution in [0.4, 0.5) is 0 Å². The van der Waals surface area contributed by atoms with Crippen molar-refractivity contribution in [1.29, 1.82) is 0 Å². The van der Waals surface area contributed by atoms with Crippen LogP contribution in [0.25, 0.3) is 0 Å². The van der Waals surface area contributed by atoms with E-state index in [1.54, 1.807) is 15.7 Å². The van der Waals surface area contributed by atoms with Gasteiger partial charge in [0, 0.05) is 38.2 Å². The fraction of sp³-hybridized carbons (Fsp3) is 0.533. The molecule has 118 valence electrons. The van der Waals surface area contributed by atoms with E-state index >= 15 is 0 Å². The maximum Gasteiger partial charge on any atom is 0.270 e. The summed E-state index contributed by atoms with van der Waals surface area (Å²) >= 11 is 0. The zero-order valence-corrected chi connectivity index (χ0v) is 12.5. The lowest BCUT2D eigenvalue weighted by molar-refractivity contribution is -0.122. The molecule has 1 aliphatic carbocycles. The van der Waals surface area contributed by atoms with E-state index in [-0.39, 0.29) is 28.9 Å². The number of ether oxygens (including phenoxy) is 1. The lowest BCUT2D eigenvalue weighted by Crippen LogP contribution is -2.45. The lowest BCUT2D eigenvalue weighted by Gasteiger charge is -2.30. The maximum atomic E-state index is 12.4. The highest BCUT2D eigenvalue weighted by molar-refractivity contribution is 5.93. The number of fused-ring (bicyclic) bond motifs is 1. The quantitative estimate of drug-likeness (QED) is 0.819. The van der Waals surface area contributed by atoms with Crippen LogP contribution in [-0.4, -0.2) is 48.0 Å². The highest BCUT2D eigenvalue weighted by atomic mass is 16.5. The largest absolute Gasteiger partial charge is 0.491 e. The second kappa shape index (κ2) is 5.82. The van der Waals surface area contributed by atoms with Gasteiger partial charge in [-0.2, -0.15) is 0 Å². The number of hydrogen-bond donors (Lipinski definition) is 1. The molecule has 1 saturated carbocycles. The Morgan fingerprint density at radius 3 is 2.82 bits per heavy atom. The molecular formula is C15H19N3O4. The highest BCUT2D eigenvalue weighted by Gasteiger charge is 2.30. The number of carbonyl (C=O) groups is 2. The number of aromatic nitrogens is 1. The summed E-state index contributed by atoms with van der Waals surface area (Å²) in [5.41, 5.74) is 0.0663. The summed E-state index contributed by atoms with van der Waals surface area (Å²) in [5.74, 6) is 0.294. The summed E-state index contributed by atoms with van der Waals surface area (Å²) in [5, 5.41) is 2.84. The lowest BCUT2D eigenvalue weighted by atomic mass is 10.2. The van der Waals surface area contributed by atoms with Crippen molar-refractivity contribution in [1.82, 2.24) is 14.8 Å². The number of rotatable bonds is 5. The molecule has 2 heterocycles. The minimum atomic E-state index is -0.300. The minimum Gasteiger partial charge on any atom is -0.491 e. The summed E-state index contributed by atoms with van der Waals surface area (Å²) in [6.07, 6.45) is 3.50. The Balaban J connectivity index is 1.64. The van der Waals surface area contributed by atoms with Crippen molar-refractivity contribution in [2.75, 3.05) is 26.7 Å². The number of amides is 2. The van der Waals surface area contributed by atoms with Gasteiger partial charge >= 0.3 is 0 Å². The molecule has 1 aliphatic heterocycles. The van der Waals surface area contributed by atoms with E-state index in [0.717, 1.165) is 12.8 Å². The predicted molar refractivity (Wildman–Crippen MR) is 78.9 cm³/mol. The molecular weight excluding hydrogens is 286 g/mol. The van der Waals surface area contributed by atoms with Gasteiger partial charge in [-0.15, -0.1) is 0 Å². The number of pyridine rings is 1. The molecule has 1 fully saturated rings. The predicted octanol–water partition coefficient (Wildman–Crippen LogP) is -0.161. The SMILES string of the molecule is COc1cn2c(cc1=O)C(=O)N(CCNC(=O)C1CC1)CC2. The second-order valence-corrected chi connectivity index (χ2v) is 5.64. The normalized spacial score (nSPS) is 17.1. The Hall–Kier alpha value is -2.31. The third kappa shape index (κ3) is 2.84. The van der Waals surface area contributed by atoms with Crippen molar-refractivity contribution < 1.29 is 14.3 Å². The summed E-state index contributed by atoms with van der Waals surface area (Å²) in [4.78, 5) is 37.4. The Morgan fingerprint density at radius 1 is 1.36 bits per heavy atom. The van der Waals surface area contributed by atoms with Crippen molar-refractivity contribution >= 4 is 11.8 Å². The number of nitrogens with zero attached hydrogens (tertiary/aromatic N) is 2. The Morgan fingerprint density at radius 2 is 2.14 bits per heavy atom.